The number of carbonyl (C=O) groups is 1. The Bertz CT molecular complexity index is 808. The average molecular weight is 342 g/mol. The van der Waals surface area contributed by atoms with Crippen molar-refractivity contribution >= 4 is 5.91 Å². The highest BCUT2D eigenvalue weighted by molar-refractivity contribution is 5.89. The Kier molecular flexibility index (Phi) is 4.80. The third kappa shape index (κ3) is 3.53. The quantitative estimate of drug-likeness (QED) is 0.689. The number of amides is 1. The molecule has 3 aromatic rings. The van der Waals surface area contributed by atoms with Crippen LogP contribution in [0.3, 0.4) is 0 Å². The highest BCUT2D eigenvalue weighted by Gasteiger charge is 2.44. The van der Waals surface area contributed by atoms with E-state index >= 15 is 0 Å². The predicted octanol–water partition coefficient (Wildman–Crippen LogP) is 3.93. The number of β-lactam (4-membered cyclic amide) rings is 1. The zero-order chi connectivity index (χ0) is 17.8. The molecule has 1 saturated heterocycles. The van der Waals surface area contributed by atoms with Crippen LogP contribution in [0.1, 0.15) is 22.7 Å². The number of nitrogens with zero attached hydrogens (tertiary/aromatic N) is 1. The summed E-state index contributed by atoms with van der Waals surface area (Å²) in [4.78, 5) is 14.8. The van der Waals surface area contributed by atoms with Crippen molar-refractivity contribution in [2.75, 3.05) is 0 Å². The molecule has 0 aromatic heterocycles. The summed E-state index contributed by atoms with van der Waals surface area (Å²) >= 11 is 0. The van der Waals surface area contributed by atoms with Crippen molar-refractivity contribution in [3.05, 3.63) is 108 Å². The Hall–Kier alpha value is -2.91. The fourth-order valence-corrected chi connectivity index (χ4v) is 3.56. The average Bonchev–Trinajstić information content (AvgIpc) is 2.68. The Morgan fingerprint density at radius 3 is 1.62 bits per heavy atom. The van der Waals surface area contributed by atoms with Crippen LogP contribution in [0.2, 0.25) is 0 Å². The summed E-state index contributed by atoms with van der Waals surface area (Å²) in [5.74, 6) is 0.103. The molecule has 1 aliphatic heterocycles. The van der Waals surface area contributed by atoms with E-state index in [1.807, 2.05) is 54.6 Å². The van der Waals surface area contributed by atoms with Gasteiger partial charge in [0, 0.05) is 13.1 Å². The van der Waals surface area contributed by atoms with Gasteiger partial charge in [0.1, 0.15) is 6.04 Å². The minimum atomic E-state index is -0.155. The van der Waals surface area contributed by atoms with Crippen LogP contribution in [0.15, 0.2) is 91.0 Å². The molecule has 1 heterocycles. The molecular weight excluding hydrogens is 320 g/mol. The van der Waals surface area contributed by atoms with Crippen LogP contribution in [-0.4, -0.2) is 16.8 Å². The molecule has 1 fully saturated rings. The van der Waals surface area contributed by atoms with Crippen molar-refractivity contribution in [1.82, 2.24) is 10.2 Å². The summed E-state index contributed by atoms with van der Waals surface area (Å²) in [5, 5.41) is 3.08. The molecule has 3 heteroatoms. The van der Waals surface area contributed by atoms with Crippen molar-refractivity contribution in [3.63, 3.8) is 0 Å². The van der Waals surface area contributed by atoms with Crippen molar-refractivity contribution in [3.8, 4) is 0 Å². The van der Waals surface area contributed by atoms with Gasteiger partial charge in [-0.3, -0.25) is 9.69 Å². The van der Waals surface area contributed by atoms with Crippen LogP contribution in [0.4, 0.5) is 0 Å². The largest absolute Gasteiger partial charge is 0.346 e. The maximum Gasteiger partial charge on any atom is 0.240 e. The summed E-state index contributed by atoms with van der Waals surface area (Å²) in [6, 6.07) is 30.8. The molecule has 1 aliphatic rings. The highest BCUT2D eigenvalue weighted by Crippen LogP contribution is 2.31. The summed E-state index contributed by atoms with van der Waals surface area (Å²) in [6.45, 7) is 1.49. The molecule has 0 aliphatic carbocycles. The van der Waals surface area contributed by atoms with E-state index in [0.717, 1.165) is 18.7 Å². The molecule has 3 nitrogen and oxygen atoms in total. The Labute approximate surface area is 154 Å². The lowest BCUT2D eigenvalue weighted by atomic mass is 9.89. The lowest BCUT2D eigenvalue weighted by Crippen LogP contribution is -2.63. The van der Waals surface area contributed by atoms with Crippen molar-refractivity contribution in [2.24, 2.45) is 0 Å². The summed E-state index contributed by atoms with van der Waals surface area (Å²) in [7, 11) is 0. The zero-order valence-corrected chi connectivity index (χ0v) is 14.6. The van der Waals surface area contributed by atoms with Crippen LogP contribution >= 0.6 is 0 Å². The molecule has 1 N–H and O–H groups in total. The van der Waals surface area contributed by atoms with Gasteiger partial charge in [-0.1, -0.05) is 91.0 Å². The van der Waals surface area contributed by atoms with Crippen molar-refractivity contribution < 1.29 is 4.79 Å². The molecule has 130 valence electrons. The van der Waals surface area contributed by atoms with E-state index in [9.17, 15) is 4.79 Å². The first-order valence-corrected chi connectivity index (χ1v) is 8.98. The first kappa shape index (κ1) is 16.6. The van der Waals surface area contributed by atoms with Gasteiger partial charge in [0.05, 0.1) is 6.04 Å². The fraction of sp³-hybridized carbons (Fsp3) is 0.174. The third-order valence-electron chi connectivity index (χ3n) is 4.89. The molecular formula is C23H22N2O. The monoisotopic (exact) mass is 342 g/mol. The second kappa shape index (κ2) is 7.54. The van der Waals surface area contributed by atoms with Gasteiger partial charge in [0.2, 0.25) is 5.91 Å². The van der Waals surface area contributed by atoms with E-state index in [2.05, 4.69) is 46.6 Å². The predicted molar refractivity (Wildman–Crippen MR) is 103 cm³/mol. The highest BCUT2D eigenvalue weighted by atomic mass is 16.2. The second-order valence-corrected chi connectivity index (χ2v) is 6.72. The first-order chi connectivity index (χ1) is 12.8. The Morgan fingerprint density at radius 2 is 1.15 bits per heavy atom. The van der Waals surface area contributed by atoms with E-state index in [1.165, 1.54) is 11.1 Å². The zero-order valence-electron chi connectivity index (χ0n) is 14.6. The second-order valence-electron chi connectivity index (χ2n) is 6.72. The van der Waals surface area contributed by atoms with Gasteiger partial charge in [0.15, 0.2) is 0 Å². The lowest BCUT2D eigenvalue weighted by molar-refractivity contribution is -0.138. The maximum absolute atomic E-state index is 12.5. The van der Waals surface area contributed by atoms with Crippen molar-refractivity contribution in [1.29, 1.82) is 0 Å². The fourth-order valence-electron chi connectivity index (χ4n) is 3.56. The first-order valence-electron chi connectivity index (χ1n) is 8.98. The molecule has 1 amide bonds. The number of hydrogen-bond acceptors (Lipinski definition) is 2. The number of benzene rings is 3. The SMILES string of the molecule is O=C1N[C@H](c2ccccc2)[C@@H]1N(Cc1ccccc1)Cc1ccccc1. The molecule has 2 atom stereocenters. The van der Waals surface area contributed by atoms with E-state index < -0.39 is 0 Å². The van der Waals surface area contributed by atoms with Gasteiger partial charge in [-0.05, 0) is 16.7 Å². The number of rotatable bonds is 6. The maximum atomic E-state index is 12.5. The Morgan fingerprint density at radius 1 is 0.692 bits per heavy atom. The van der Waals surface area contributed by atoms with E-state index in [0.29, 0.717) is 0 Å². The molecule has 4 rings (SSSR count). The molecule has 0 radical (unpaired) electrons. The van der Waals surface area contributed by atoms with Crippen LogP contribution in [-0.2, 0) is 17.9 Å². The van der Waals surface area contributed by atoms with Gasteiger partial charge in [0.25, 0.3) is 0 Å². The minimum Gasteiger partial charge on any atom is -0.346 e. The number of nitrogens with one attached hydrogen (secondary N) is 1. The van der Waals surface area contributed by atoms with Gasteiger partial charge in [-0.2, -0.15) is 0 Å². The van der Waals surface area contributed by atoms with Crippen LogP contribution in [0.5, 0.6) is 0 Å². The molecule has 0 spiro atoms. The minimum absolute atomic E-state index is 0.0381. The van der Waals surface area contributed by atoms with Crippen LogP contribution < -0.4 is 5.32 Å². The van der Waals surface area contributed by atoms with Crippen LogP contribution in [0, 0.1) is 0 Å². The summed E-state index contributed by atoms with van der Waals surface area (Å²) in [5.41, 5.74) is 3.59. The third-order valence-corrected chi connectivity index (χ3v) is 4.89. The summed E-state index contributed by atoms with van der Waals surface area (Å²) < 4.78 is 0. The smallest absolute Gasteiger partial charge is 0.240 e. The summed E-state index contributed by atoms with van der Waals surface area (Å²) in [6.07, 6.45) is 0. The molecule has 0 bridgehead atoms. The van der Waals surface area contributed by atoms with Crippen molar-refractivity contribution in [2.45, 2.75) is 25.2 Å². The van der Waals surface area contributed by atoms with Gasteiger partial charge < -0.3 is 5.32 Å². The molecule has 26 heavy (non-hydrogen) atoms. The Balaban J connectivity index is 1.61. The van der Waals surface area contributed by atoms with Gasteiger partial charge >= 0.3 is 0 Å². The van der Waals surface area contributed by atoms with E-state index in [4.69, 9.17) is 0 Å². The number of carbonyl (C=O) groups excluding carboxylic acids is 1. The molecule has 0 unspecified atom stereocenters. The van der Waals surface area contributed by atoms with Crippen LogP contribution in [0.25, 0.3) is 0 Å². The van der Waals surface area contributed by atoms with E-state index in [1.54, 1.807) is 0 Å². The standard InChI is InChI=1S/C23H22N2O/c26-23-22(21(24-23)20-14-8-3-9-15-20)25(16-18-10-4-1-5-11-18)17-19-12-6-2-7-13-19/h1-15,21-22H,16-17H2,(H,24,26)/t21-,22+/m1/s1. The molecule has 3 aromatic carbocycles. The normalized spacial score (nSPS) is 19.0. The van der Waals surface area contributed by atoms with E-state index in [-0.39, 0.29) is 18.0 Å². The van der Waals surface area contributed by atoms with Gasteiger partial charge in [-0.15, -0.1) is 0 Å². The number of hydrogen-bond donors (Lipinski definition) is 1. The lowest BCUT2D eigenvalue weighted by Gasteiger charge is -2.44. The topological polar surface area (TPSA) is 32.3 Å². The van der Waals surface area contributed by atoms with Gasteiger partial charge in [-0.25, -0.2) is 0 Å². The molecule has 0 saturated carbocycles.